The molecule has 1 aromatic carbocycles. The Morgan fingerprint density at radius 3 is 2.94 bits per heavy atom. The van der Waals surface area contributed by atoms with Gasteiger partial charge in [-0.3, -0.25) is 0 Å². The average Bonchev–Trinajstić information content (AvgIpc) is 2.89. The van der Waals surface area contributed by atoms with Crippen LogP contribution in [0.15, 0.2) is 46.2 Å². The first-order valence-electron chi connectivity index (χ1n) is 5.44. The van der Waals surface area contributed by atoms with Gasteiger partial charge >= 0.3 is 0 Å². The summed E-state index contributed by atoms with van der Waals surface area (Å²) >= 11 is 0. The zero-order valence-corrected chi connectivity index (χ0v) is 9.96. The summed E-state index contributed by atoms with van der Waals surface area (Å²) in [5, 5.41) is 11.7. The van der Waals surface area contributed by atoms with Crippen molar-refractivity contribution in [2.24, 2.45) is 10.9 Å². The Balaban J connectivity index is 2.21. The van der Waals surface area contributed by atoms with Crippen LogP contribution in [0.4, 0.5) is 0 Å². The quantitative estimate of drug-likeness (QED) is 0.375. The minimum atomic E-state index is 0.0214. The number of amidine groups is 1. The first-order chi connectivity index (χ1) is 8.70. The molecule has 0 amide bonds. The SMILES string of the molecule is Cc1ccc(OCc2ccco2)c(/C(N)=N/O)c1. The number of nitrogens with zero attached hydrogens (tertiary/aromatic N) is 1. The second-order valence-corrected chi connectivity index (χ2v) is 3.85. The molecule has 2 rings (SSSR count). The third kappa shape index (κ3) is 2.63. The van der Waals surface area contributed by atoms with Gasteiger partial charge in [0, 0.05) is 0 Å². The molecular weight excluding hydrogens is 232 g/mol. The number of hydrogen-bond acceptors (Lipinski definition) is 4. The van der Waals surface area contributed by atoms with Crippen molar-refractivity contribution in [3.8, 4) is 5.75 Å². The number of aryl methyl sites for hydroxylation is 1. The van der Waals surface area contributed by atoms with Crippen LogP contribution in [0.3, 0.4) is 0 Å². The lowest BCUT2D eigenvalue weighted by Crippen LogP contribution is -2.15. The number of furan rings is 1. The zero-order valence-electron chi connectivity index (χ0n) is 9.96. The fourth-order valence-corrected chi connectivity index (χ4v) is 1.57. The Hall–Kier alpha value is -2.43. The number of oxime groups is 1. The van der Waals surface area contributed by atoms with Gasteiger partial charge in [-0.15, -0.1) is 0 Å². The van der Waals surface area contributed by atoms with Crippen molar-refractivity contribution in [1.29, 1.82) is 0 Å². The Morgan fingerprint density at radius 1 is 1.44 bits per heavy atom. The van der Waals surface area contributed by atoms with E-state index in [-0.39, 0.29) is 5.84 Å². The van der Waals surface area contributed by atoms with Crippen molar-refractivity contribution in [3.05, 3.63) is 53.5 Å². The maximum Gasteiger partial charge on any atom is 0.173 e. The molecule has 18 heavy (non-hydrogen) atoms. The van der Waals surface area contributed by atoms with E-state index in [0.717, 1.165) is 5.56 Å². The second kappa shape index (κ2) is 5.27. The van der Waals surface area contributed by atoms with Gasteiger partial charge < -0.3 is 20.1 Å². The monoisotopic (exact) mass is 246 g/mol. The Bertz CT molecular complexity index is 547. The summed E-state index contributed by atoms with van der Waals surface area (Å²) in [4.78, 5) is 0. The predicted octanol–water partition coefficient (Wildman–Crippen LogP) is 2.26. The minimum absolute atomic E-state index is 0.0214. The molecule has 0 atom stereocenters. The molecule has 0 bridgehead atoms. The van der Waals surface area contributed by atoms with Gasteiger partial charge in [-0.2, -0.15) is 0 Å². The molecule has 0 aliphatic heterocycles. The summed E-state index contributed by atoms with van der Waals surface area (Å²) in [6.07, 6.45) is 1.58. The smallest absolute Gasteiger partial charge is 0.173 e. The van der Waals surface area contributed by atoms with E-state index in [1.807, 2.05) is 19.1 Å². The molecule has 0 aliphatic rings. The maximum atomic E-state index is 8.74. The minimum Gasteiger partial charge on any atom is -0.485 e. The maximum absolute atomic E-state index is 8.74. The van der Waals surface area contributed by atoms with Crippen LogP contribution in [0, 0.1) is 6.92 Å². The van der Waals surface area contributed by atoms with Crippen LogP contribution in [-0.4, -0.2) is 11.0 Å². The average molecular weight is 246 g/mol. The summed E-state index contributed by atoms with van der Waals surface area (Å²) in [6, 6.07) is 9.08. The van der Waals surface area contributed by atoms with Crippen LogP contribution < -0.4 is 10.5 Å². The molecule has 0 unspecified atom stereocenters. The van der Waals surface area contributed by atoms with Crippen LogP contribution in [0.25, 0.3) is 0 Å². The highest BCUT2D eigenvalue weighted by atomic mass is 16.5. The molecule has 0 fully saturated rings. The molecular formula is C13H14N2O3. The van der Waals surface area contributed by atoms with Gasteiger partial charge in [-0.1, -0.05) is 16.8 Å². The van der Waals surface area contributed by atoms with Crippen LogP contribution in [0.5, 0.6) is 5.75 Å². The van der Waals surface area contributed by atoms with Crippen LogP contribution >= 0.6 is 0 Å². The van der Waals surface area contributed by atoms with E-state index in [4.69, 9.17) is 20.1 Å². The fraction of sp³-hybridized carbons (Fsp3) is 0.154. The third-order valence-corrected chi connectivity index (χ3v) is 2.47. The summed E-state index contributed by atoms with van der Waals surface area (Å²) in [6.45, 7) is 2.21. The van der Waals surface area contributed by atoms with Gasteiger partial charge in [0.15, 0.2) is 5.84 Å². The first kappa shape index (κ1) is 12.0. The van der Waals surface area contributed by atoms with Crippen molar-refractivity contribution in [2.45, 2.75) is 13.5 Å². The molecule has 0 saturated heterocycles. The Labute approximate surface area is 104 Å². The lowest BCUT2D eigenvalue weighted by molar-refractivity contribution is 0.269. The molecule has 0 aliphatic carbocycles. The van der Waals surface area contributed by atoms with Gasteiger partial charge in [0.25, 0.3) is 0 Å². The van der Waals surface area contributed by atoms with Gasteiger partial charge in [0.05, 0.1) is 11.8 Å². The van der Waals surface area contributed by atoms with Crippen molar-refractivity contribution in [2.75, 3.05) is 0 Å². The Kier molecular flexibility index (Phi) is 3.52. The largest absolute Gasteiger partial charge is 0.485 e. The third-order valence-electron chi connectivity index (χ3n) is 2.47. The highest BCUT2D eigenvalue weighted by Gasteiger charge is 2.09. The van der Waals surface area contributed by atoms with Gasteiger partial charge in [0.2, 0.25) is 0 Å². The molecule has 1 heterocycles. The van der Waals surface area contributed by atoms with Crippen LogP contribution in [0.1, 0.15) is 16.9 Å². The van der Waals surface area contributed by atoms with Crippen molar-refractivity contribution in [1.82, 2.24) is 0 Å². The zero-order chi connectivity index (χ0) is 13.0. The summed E-state index contributed by atoms with van der Waals surface area (Å²) in [5.74, 6) is 1.28. The number of nitrogens with two attached hydrogens (primary N) is 1. The Morgan fingerprint density at radius 2 is 2.28 bits per heavy atom. The summed E-state index contributed by atoms with van der Waals surface area (Å²) in [5.41, 5.74) is 7.17. The molecule has 2 aromatic rings. The number of hydrogen-bond donors (Lipinski definition) is 2. The molecule has 1 aromatic heterocycles. The molecule has 94 valence electrons. The standard InChI is InChI=1S/C13H14N2O3/c1-9-4-5-12(11(7-9)13(14)15-16)18-8-10-3-2-6-17-10/h2-7,16H,8H2,1H3,(H2,14,15). The lowest BCUT2D eigenvalue weighted by atomic mass is 10.1. The van der Waals surface area contributed by atoms with Crippen LogP contribution in [-0.2, 0) is 6.61 Å². The van der Waals surface area contributed by atoms with Gasteiger partial charge in [-0.05, 0) is 31.2 Å². The van der Waals surface area contributed by atoms with E-state index in [0.29, 0.717) is 23.7 Å². The number of benzene rings is 1. The molecule has 0 saturated carbocycles. The van der Waals surface area contributed by atoms with Crippen molar-refractivity contribution < 1.29 is 14.4 Å². The predicted molar refractivity (Wildman–Crippen MR) is 66.7 cm³/mol. The topological polar surface area (TPSA) is 81.0 Å². The lowest BCUT2D eigenvalue weighted by Gasteiger charge is -2.10. The van der Waals surface area contributed by atoms with E-state index in [1.54, 1.807) is 24.5 Å². The first-order valence-corrected chi connectivity index (χ1v) is 5.44. The van der Waals surface area contributed by atoms with Crippen LogP contribution in [0.2, 0.25) is 0 Å². The van der Waals surface area contributed by atoms with E-state index >= 15 is 0 Å². The van der Waals surface area contributed by atoms with Gasteiger partial charge in [0.1, 0.15) is 18.1 Å². The molecule has 3 N–H and O–H groups in total. The van der Waals surface area contributed by atoms with Crippen molar-refractivity contribution >= 4 is 5.84 Å². The van der Waals surface area contributed by atoms with E-state index in [1.165, 1.54) is 0 Å². The summed E-state index contributed by atoms with van der Waals surface area (Å²) in [7, 11) is 0. The fourth-order valence-electron chi connectivity index (χ4n) is 1.57. The number of ether oxygens (including phenoxy) is 1. The molecule has 5 heteroatoms. The van der Waals surface area contributed by atoms with Gasteiger partial charge in [-0.25, -0.2) is 0 Å². The molecule has 5 nitrogen and oxygen atoms in total. The second-order valence-electron chi connectivity index (χ2n) is 3.85. The highest BCUT2D eigenvalue weighted by molar-refractivity contribution is 5.99. The van der Waals surface area contributed by atoms with E-state index in [2.05, 4.69) is 5.16 Å². The summed E-state index contributed by atoms with van der Waals surface area (Å²) < 4.78 is 10.8. The van der Waals surface area contributed by atoms with E-state index < -0.39 is 0 Å². The highest BCUT2D eigenvalue weighted by Crippen LogP contribution is 2.21. The number of rotatable bonds is 4. The van der Waals surface area contributed by atoms with E-state index in [9.17, 15) is 0 Å². The van der Waals surface area contributed by atoms with Crippen molar-refractivity contribution in [3.63, 3.8) is 0 Å². The normalized spacial score (nSPS) is 11.5. The molecule has 0 radical (unpaired) electrons. The molecule has 0 spiro atoms.